The number of ether oxygens (including phenoxy) is 1. The van der Waals surface area contributed by atoms with Gasteiger partial charge >= 0.3 is 0 Å². The highest BCUT2D eigenvalue weighted by Crippen LogP contribution is 2.28. The third kappa shape index (κ3) is 4.03. The summed E-state index contributed by atoms with van der Waals surface area (Å²) in [6.07, 6.45) is 3.56. The van der Waals surface area contributed by atoms with Crippen molar-refractivity contribution in [1.82, 2.24) is 4.68 Å². The second-order valence-electron chi connectivity index (χ2n) is 5.31. The van der Waals surface area contributed by atoms with Crippen LogP contribution in [0.2, 0.25) is 0 Å². The molecule has 0 aliphatic carbocycles. The topological polar surface area (TPSA) is 38.9 Å². The van der Waals surface area contributed by atoms with E-state index in [0.717, 1.165) is 31.8 Å². The van der Waals surface area contributed by atoms with Gasteiger partial charge in [0.2, 0.25) is 4.80 Å². The molecular weight excluding hydrogens is 410 g/mol. The van der Waals surface area contributed by atoms with Gasteiger partial charge in [-0.3, -0.25) is 4.99 Å². The Balaban J connectivity index is 2.12. The fourth-order valence-corrected chi connectivity index (χ4v) is 3.74. The molecule has 0 aliphatic heterocycles. The van der Waals surface area contributed by atoms with Crippen molar-refractivity contribution in [1.29, 1.82) is 0 Å². The standard InChI is InChI=1S/C20H18BrN3OS/c1-3-12-22-20-24(23-13-15-8-4-7-11-19(15)25-2)18(14-26-20)16-9-5-6-10-17(16)21/h3-11,13-14H,1,12H2,2H3. The number of hydrogen-bond acceptors (Lipinski definition) is 4. The van der Waals surface area contributed by atoms with E-state index in [1.165, 1.54) is 0 Å². The average molecular weight is 428 g/mol. The first kappa shape index (κ1) is 18.4. The van der Waals surface area contributed by atoms with Crippen LogP contribution in [-0.2, 0) is 0 Å². The summed E-state index contributed by atoms with van der Waals surface area (Å²) in [5.41, 5.74) is 2.93. The fourth-order valence-electron chi connectivity index (χ4n) is 2.41. The minimum Gasteiger partial charge on any atom is -0.496 e. The van der Waals surface area contributed by atoms with Gasteiger partial charge in [-0.2, -0.15) is 5.10 Å². The smallest absolute Gasteiger partial charge is 0.206 e. The van der Waals surface area contributed by atoms with Gasteiger partial charge in [-0.05, 0) is 18.2 Å². The first-order chi connectivity index (χ1) is 12.7. The monoisotopic (exact) mass is 427 g/mol. The Morgan fingerprint density at radius 3 is 2.73 bits per heavy atom. The highest BCUT2D eigenvalue weighted by molar-refractivity contribution is 9.10. The van der Waals surface area contributed by atoms with E-state index >= 15 is 0 Å². The molecule has 3 rings (SSSR count). The fraction of sp³-hybridized carbons (Fsp3) is 0.100. The molecule has 6 heteroatoms. The van der Waals surface area contributed by atoms with E-state index in [4.69, 9.17) is 4.74 Å². The van der Waals surface area contributed by atoms with Gasteiger partial charge in [0.15, 0.2) is 0 Å². The summed E-state index contributed by atoms with van der Waals surface area (Å²) >= 11 is 5.17. The van der Waals surface area contributed by atoms with E-state index in [9.17, 15) is 0 Å². The third-order valence-corrected chi connectivity index (χ3v) is 5.19. The maximum atomic E-state index is 5.40. The average Bonchev–Trinajstić information content (AvgIpc) is 3.07. The van der Waals surface area contributed by atoms with Crippen LogP contribution in [-0.4, -0.2) is 24.5 Å². The highest BCUT2D eigenvalue weighted by Gasteiger charge is 2.10. The zero-order valence-corrected chi connectivity index (χ0v) is 16.7. The third-order valence-electron chi connectivity index (χ3n) is 3.64. The Morgan fingerprint density at radius 2 is 1.96 bits per heavy atom. The van der Waals surface area contributed by atoms with E-state index in [2.05, 4.69) is 44.0 Å². The lowest BCUT2D eigenvalue weighted by Crippen LogP contribution is -2.12. The molecule has 0 saturated heterocycles. The van der Waals surface area contributed by atoms with Gasteiger partial charge < -0.3 is 4.74 Å². The van der Waals surface area contributed by atoms with Crippen LogP contribution in [0.4, 0.5) is 0 Å². The van der Waals surface area contributed by atoms with Crippen molar-refractivity contribution in [3.05, 3.63) is 81.4 Å². The Hall–Kier alpha value is -2.44. The van der Waals surface area contributed by atoms with Gasteiger partial charge in [0.05, 0.1) is 25.6 Å². The SMILES string of the molecule is C=CCN=c1scc(-c2ccccc2Br)n1N=Cc1ccccc1OC. The number of benzene rings is 2. The van der Waals surface area contributed by atoms with Gasteiger partial charge in [-0.15, -0.1) is 17.9 Å². The van der Waals surface area contributed by atoms with Gasteiger partial charge in [0, 0.05) is 21.0 Å². The van der Waals surface area contributed by atoms with E-state index in [0.29, 0.717) is 6.54 Å². The molecule has 0 N–H and O–H groups in total. The largest absolute Gasteiger partial charge is 0.496 e. The lowest BCUT2D eigenvalue weighted by atomic mass is 10.2. The van der Waals surface area contributed by atoms with Crippen LogP contribution in [0.3, 0.4) is 0 Å². The van der Waals surface area contributed by atoms with Crippen LogP contribution in [0.25, 0.3) is 11.3 Å². The van der Waals surface area contributed by atoms with Crippen LogP contribution < -0.4 is 9.54 Å². The lowest BCUT2D eigenvalue weighted by molar-refractivity contribution is 0.414. The molecule has 1 heterocycles. The summed E-state index contributed by atoms with van der Waals surface area (Å²) in [6.45, 7) is 4.28. The lowest BCUT2D eigenvalue weighted by Gasteiger charge is -2.06. The first-order valence-corrected chi connectivity index (χ1v) is 9.66. The van der Waals surface area contributed by atoms with Crippen molar-refractivity contribution in [3.8, 4) is 17.0 Å². The van der Waals surface area contributed by atoms with Crippen LogP contribution in [0.5, 0.6) is 5.75 Å². The Bertz CT molecular complexity index is 1000. The van der Waals surface area contributed by atoms with Crippen molar-refractivity contribution in [3.63, 3.8) is 0 Å². The number of nitrogens with zero attached hydrogens (tertiary/aromatic N) is 3. The molecule has 2 aromatic carbocycles. The number of halogens is 1. The molecule has 4 nitrogen and oxygen atoms in total. The molecule has 1 aromatic heterocycles. The Kier molecular flexibility index (Phi) is 6.20. The predicted octanol–water partition coefficient (Wildman–Crippen LogP) is 4.96. The predicted molar refractivity (Wildman–Crippen MR) is 112 cm³/mol. The number of thiazole rings is 1. The minimum atomic E-state index is 0.542. The molecule has 26 heavy (non-hydrogen) atoms. The molecule has 0 saturated carbocycles. The van der Waals surface area contributed by atoms with Gasteiger partial charge in [0.1, 0.15) is 5.75 Å². The molecule has 0 radical (unpaired) electrons. The summed E-state index contributed by atoms with van der Waals surface area (Å²) in [5, 5.41) is 6.75. The maximum Gasteiger partial charge on any atom is 0.206 e. The van der Waals surface area contributed by atoms with Crippen molar-refractivity contribution in [2.45, 2.75) is 0 Å². The summed E-state index contributed by atoms with van der Waals surface area (Å²) in [7, 11) is 1.65. The Morgan fingerprint density at radius 1 is 1.19 bits per heavy atom. The Labute approximate surface area is 164 Å². The van der Waals surface area contributed by atoms with Crippen LogP contribution in [0.15, 0.2) is 81.1 Å². The zero-order chi connectivity index (χ0) is 18.4. The van der Waals surface area contributed by atoms with Crippen molar-refractivity contribution in [2.24, 2.45) is 10.1 Å². The summed E-state index contributed by atoms with van der Waals surface area (Å²) in [6, 6.07) is 15.8. The summed E-state index contributed by atoms with van der Waals surface area (Å²) < 4.78 is 8.26. The van der Waals surface area contributed by atoms with Gasteiger partial charge in [-0.25, -0.2) is 4.68 Å². The van der Waals surface area contributed by atoms with Crippen molar-refractivity contribution < 1.29 is 4.74 Å². The summed E-state index contributed by atoms with van der Waals surface area (Å²) in [4.78, 5) is 5.37. The van der Waals surface area contributed by atoms with Gasteiger partial charge in [-0.1, -0.05) is 52.3 Å². The number of rotatable bonds is 6. The molecule has 0 atom stereocenters. The van der Waals surface area contributed by atoms with Crippen LogP contribution in [0, 0.1) is 0 Å². The number of methoxy groups -OCH3 is 1. The minimum absolute atomic E-state index is 0.542. The second-order valence-corrected chi connectivity index (χ2v) is 7.00. The molecule has 0 spiro atoms. The van der Waals surface area contributed by atoms with Crippen LogP contribution >= 0.6 is 27.3 Å². The molecule has 132 valence electrons. The van der Waals surface area contributed by atoms with E-state index < -0.39 is 0 Å². The number of para-hydroxylation sites is 1. The van der Waals surface area contributed by atoms with Crippen molar-refractivity contribution >= 4 is 33.5 Å². The molecule has 0 bridgehead atoms. The molecular formula is C20H18BrN3OS. The maximum absolute atomic E-state index is 5.40. The van der Waals surface area contributed by atoms with Gasteiger partial charge in [0.25, 0.3) is 0 Å². The van der Waals surface area contributed by atoms with Crippen LogP contribution in [0.1, 0.15) is 5.56 Å². The highest BCUT2D eigenvalue weighted by atomic mass is 79.9. The van der Waals surface area contributed by atoms with E-state index in [1.807, 2.05) is 47.1 Å². The van der Waals surface area contributed by atoms with E-state index in [1.54, 1.807) is 30.7 Å². The molecule has 0 unspecified atom stereocenters. The first-order valence-electron chi connectivity index (χ1n) is 7.98. The quantitative estimate of drug-likeness (QED) is 0.404. The van der Waals surface area contributed by atoms with E-state index in [-0.39, 0.29) is 0 Å². The number of aromatic nitrogens is 1. The zero-order valence-electron chi connectivity index (χ0n) is 14.3. The number of hydrogen-bond donors (Lipinski definition) is 0. The molecule has 3 aromatic rings. The van der Waals surface area contributed by atoms with Crippen molar-refractivity contribution in [2.75, 3.05) is 13.7 Å². The molecule has 0 aliphatic rings. The molecule has 0 fully saturated rings. The normalized spacial score (nSPS) is 11.8. The summed E-state index contributed by atoms with van der Waals surface area (Å²) in [5.74, 6) is 0.777. The molecule has 0 amide bonds. The second kappa shape index (κ2) is 8.78.